The normalized spacial score (nSPS) is 43.9. The zero-order valence-electron chi connectivity index (χ0n) is 9.63. The van der Waals surface area contributed by atoms with Crippen LogP contribution in [0.3, 0.4) is 0 Å². The Morgan fingerprint density at radius 3 is 2.43 bits per heavy atom. The summed E-state index contributed by atoms with van der Waals surface area (Å²) >= 11 is 0. The van der Waals surface area contributed by atoms with Crippen LogP contribution in [-0.2, 0) is 0 Å². The lowest BCUT2D eigenvalue weighted by Crippen LogP contribution is -2.37. The summed E-state index contributed by atoms with van der Waals surface area (Å²) in [6.07, 6.45) is 8.49. The van der Waals surface area contributed by atoms with Gasteiger partial charge < -0.3 is 5.11 Å². The smallest absolute Gasteiger partial charge is 0.0650 e. The molecule has 0 saturated heterocycles. The van der Waals surface area contributed by atoms with Gasteiger partial charge in [0, 0.05) is 0 Å². The molecule has 0 amide bonds. The first-order valence-electron chi connectivity index (χ1n) is 6.31. The van der Waals surface area contributed by atoms with Crippen molar-refractivity contribution in [3.8, 4) is 0 Å². The van der Waals surface area contributed by atoms with Crippen molar-refractivity contribution in [2.45, 2.75) is 64.4 Å². The van der Waals surface area contributed by atoms with Crippen molar-refractivity contribution >= 4 is 0 Å². The van der Waals surface area contributed by atoms with Crippen LogP contribution in [-0.4, -0.2) is 10.7 Å². The fourth-order valence-corrected chi connectivity index (χ4v) is 2.79. The lowest BCUT2D eigenvalue weighted by atomic mass is 9.71. The van der Waals surface area contributed by atoms with Crippen LogP contribution in [0.1, 0.15) is 58.8 Å². The first kappa shape index (κ1) is 10.5. The highest BCUT2D eigenvalue weighted by Crippen LogP contribution is 2.42. The second kappa shape index (κ2) is 3.84. The summed E-state index contributed by atoms with van der Waals surface area (Å²) in [6, 6.07) is 0. The Hall–Kier alpha value is -0.0400. The van der Waals surface area contributed by atoms with Crippen LogP contribution < -0.4 is 0 Å². The topological polar surface area (TPSA) is 20.2 Å². The van der Waals surface area contributed by atoms with E-state index < -0.39 is 0 Å². The Labute approximate surface area is 87.9 Å². The fraction of sp³-hybridized carbons (Fsp3) is 1.00. The van der Waals surface area contributed by atoms with Gasteiger partial charge in [-0.05, 0) is 49.9 Å². The molecule has 14 heavy (non-hydrogen) atoms. The first-order chi connectivity index (χ1) is 6.59. The average Bonchev–Trinajstić information content (AvgIpc) is 2.93. The minimum absolute atomic E-state index is 0.297. The highest BCUT2D eigenvalue weighted by atomic mass is 16.3. The van der Waals surface area contributed by atoms with E-state index in [9.17, 15) is 5.11 Å². The molecule has 0 aromatic heterocycles. The van der Waals surface area contributed by atoms with E-state index in [1.165, 1.54) is 25.7 Å². The van der Waals surface area contributed by atoms with Gasteiger partial charge in [-0.3, -0.25) is 0 Å². The number of hydrogen-bond acceptors (Lipinski definition) is 1. The highest BCUT2D eigenvalue weighted by molar-refractivity contribution is 4.89. The third-order valence-corrected chi connectivity index (χ3v) is 4.45. The molecule has 0 radical (unpaired) electrons. The standard InChI is InChI=1S/C13H24O/c1-10-5-7-13(14,9-11(10)2)8-6-12-3-4-12/h10-12,14H,3-9H2,1-2H3. The van der Waals surface area contributed by atoms with Crippen LogP contribution in [0.15, 0.2) is 0 Å². The molecule has 0 spiro atoms. The molecule has 2 aliphatic rings. The Kier molecular flexibility index (Phi) is 2.88. The summed E-state index contributed by atoms with van der Waals surface area (Å²) in [4.78, 5) is 0. The van der Waals surface area contributed by atoms with Gasteiger partial charge in [0.15, 0.2) is 0 Å². The van der Waals surface area contributed by atoms with E-state index in [1.54, 1.807) is 0 Å². The Balaban J connectivity index is 1.81. The number of hydrogen-bond donors (Lipinski definition) is 1. The molecule has 2 fully saturated rings. The maximum absolute atomic E-state index is 10.4. The van der Waals surface area contributed by atoms with Crippen molar-refractivity contribution in [3.63, 3.8) is 0 Å². The van der Waals surface area contributed by atoms with Gasteiger partial charge in [-0.1, -0.05) is 26.7 Å². The van der Waals surface area contributed by atoms with Crippen LogP contribution >= 0.6 is 0 Å². The summed E-state index contributed by atoms with van der Waals surface area (Å²) in [5, 5.41) is 10.4. The Bertz CT molecular complexity index is 197. The Morgan fingerprint density at radius 1 is 1.14 bits per heavy atom. The zero-order chi connectivity index (χ0) is 10.2. The molecule has 2 aliphatic carbocycles. The molecule has 3 atom stereocenters. The minimum atomic E-state index is -0.297. The molecule has 0 aromatic rings. The van der Waals surface area contributed by atoms with Crippen LogP contribution in [0.2, 0.25) is 0 Å². The third-order valence-electron chi connectivity index (χ3n) is 4.45. The second-order valence-corrected chi connectivity index (χ2v) is 5.90. The zero-order valence-corrected chi connectivity index (χ0v) is 9.63. The monoisotopic (exact) mass is 196 g/mol. The molecule has 3 unspecified atom stereocenters. The molecule has 1 heteroatoms. The maximum Gasteiger partial charge on any atom is 0.0650 e. The third kappa shape index (κ3) is 2.50. The van der Waals surface area contributed by atoms with Crippen LogP contribution in [0, 0.1) is 17.8 Å². The SMILES string of the molecule is CC1CCC(O)(CCC2CC2)CC1C. The summed E-state index contributed by atoms with van der Waals surface area (Å²) < 4.78 is 0. The van der Waals surface area contributed by atoms with Crippen LogP contribution in [0.5, 0.6) is 0 Å². The van der Waals surface area contributed by atoms with Gasteiger partial charge in [0.05, 0.1) is 5.60 Å². The summed E-state index contributed by atoms with van der Waals surface area (Å²) in [6.45, 7) is 4.62. The second-order valence-electron chi connectivity index (χ2n) is 5.90. The predicted molar refractivity (Wildman–Crippen MR) is 59.1 cm³/mol. The molecule has 1 nitrogen and oxygen atoms in total. The van der Waals surface area contributed by atoms with E-state index in [1.807, 2.05) is 0 Å². The Morgan fingerprint density at radius 2 is 1.86 bits per heavy atom. The summed E-state index contributed by atoms with van der Waals surface area (Å²) in [7, 11) is 0. The molecular weight excluding hydrogens is 172 g/mol. The summed E-state index contributed by atoms with van der Waals surface area (Å²) in [5.74, 6) is 2.50. The molecule has 2 saturated carbocycles. The van der Waals surface area contributed by atoms with E-state index >= 15 is 0 Å². The van der Waals surface area contributed by atoms with Gasteiger partial charge in [0.2, 0.25) is 0 Å². The molecule has 2 rings (SSSR count). The van der Waals surface area contributed by atoms with E-state index in [0.717, 1.165) is 31.1 Å². The molecule has 0 heterocycles. The van der Waals surface area contributed by atoms with Crippen molar-refractivity contribution in [1.82, 2.24) is 0 Å². The first-order valence-corrected chi connectivity index (χ1v) is 6.31. The molecule has 82 valence electrons. The quantitative estimate of drug-likeness (QED) is 0.734. The van der Waals surface area contributed by atoms with Gasteiger partial charge in [0.1, 0.15) is 0 Å². The van der Waals surface area contributed by atoms with Crippen molar-refractivity contribution in [3.05, 3.63) is 0 Å². The van der Waals surface area contributed by atoms with Gasteiger partial charge in [-0.25, -0.2) is 0 Å². The van der Waals surface area contributed by atoms with Crippen molar-refractivity contribution < 1.29 is 5.11 Å². The molecule has 0 aromatic carbocycles. The fourth-order valence-electron chi connectivity index (χ4n) is 2.79. The van der Waals surface area contributed by atoms with E-state index in [2.05, 4.69) is 13.8 Å². The molecule has 1 N–H and O–H groups in total. The number of aliphatic hydroxyl groups is 1. The van der Waals surface area contributed by atoms with Crippen LogP contribution in [0.25, 0.3) is 0 Å². The maximum atomic E-state index is 10.4. The lowest BCUT2D eigenvalue weighted by molar-refractivity contribution is -0.0372. The average molecular weight is 196 g/mol. The predicted octanol–water partition coefficient (Wildman–Crippen LogP) is 3.36. The minimum Gasteiger partial charge on any atom is -0.390 e. The molecular formula is C13H24O. The van der Waals surface area contributed by atoms with Crippen molar-refractivity contribution in [1.29, 1.82) is 0 Å². The van der Waals surface area contributed by atoms with Gasteiger partial charge in [-0.2, -0.15) is 0 Å². The van der Waals surface area contributed by atoms with Crippen LogP contribution in [0.4, 0.5) is 0 Å². The number of rotatable bonds is 3. The van der Waals surface area contributed by atoms with Gasteiger partial charge in [0.25, 0.3) is 0 Å². The van der Waals surface area contributed by atoms with Crippen molar-refractivity contribution in [2.24, 2.45) is 17.8 Å². The van der Waals surface area contributed by atoms with E-state index in [0.29, 0.717) is 5.92 Å². The van der Waals surface area contributed by atoms with Gasteiger partial charge in [-0.15, -0.1) is 0 Å². The summed E-state index contributed by atoms with van der Waals surface area (Å²) in [5.41, 5.74) is -0.297. The van der Waals surface area contributed by atoms with Crippen molar-refractivity contribution in [2.75, 3.05) is 0 Å². The highest BCUT2D eigenvalue weighted by Gasteiger charge is 2.36. The van der Waals surface area contributed by atoms with Gasteiger partial charge >= 0.3 is 0 Å². The van der Waals surface area contributed by atoms with E-state index in [-0.39, 0.29) is 5.60 Å². The molecule has 0 bridgehead atoms. The largest absolute Gasteiger partial charge is 0.390 e. The van der Waals surface area contributed by atoms with E-state index in [4.69, 9.17) is 0 Å². The lowest BCUT2D eigenvalue weighted by Gasteiger charge is -2.39. The molecule has 0 aliphatic heterocycles.